The van der Waals surface area contributed by atoms with Crippen LogP contribution < -0.4 is 0 Å². The normalized spacial score (nSPS) is 25.0. The monoisotopic (exact) mass is 529 g/mol. The lowest BCUT2D eigenvalue weighted by molar-refractivity contribution is -0.0427. The van der Waals surface area contributed by atoms with Crippen LogP contribution in [0.1, 0.15) is 31.9 Å². The Morgan fingerprint density at radius 1 is 1.28 bits per heavy atom. The molecule has 1 saturated heterocycles. The molecular weight excluding hydrogens is 508 g/mol. The molecule has 0 saturated carbocycles. The topological polar surface area (TPSA) is 76.1 Å². The number of amides is 1. The molecule has 2 rings (SSSR count). The van der Waals surface area contributed by atoms with E-state index in [1.165, 1.54) is 4.90 Å². The van der Waals surface area contributed by atoms with E-state index in [-0.39, 0.29) is 10.7 Å². The van der Waals surface area contributed by atoms with E-state index in [4.69, 9.17) is 44.3 Å². The van der Waals surface area contributed by atoms with Gasteiger partial charge in [0.15, 0.2) is 0 Å². The van der Waals surface area contributed by atoms with Crippen LogP contribution >= 0.6 is 50.7 Å². The number of benzene rings is 1. The summed E-state index contributed by atoms with van der Waals surface area (Å²) in [6.45, 7) is 3.94. The third-order valence-electron chi connectivity index (χ3n) is 4.59. The maximum absolute atomic E-state index is 12.3. The van der Waals surface area contributed by atoms with E-state index in [0.29, 0.717) is 18.0 Å². The highest BCUT2D eigenvalue weighted by molar-refractivity contribution is 9.09. The maximum Gasteiger partial charge on any atom is 0.508 e. The van der Waals surface area contributed by atoms with Crippen LogP contribution in [0.25, 0.3) is 0 Å². The van der Waals surface area contributed by atoms with Crippen molar-refractivity contribution in [1.82, 2.24) is 4.90 Å². The van der Waals surface area contributed by atoms with Crippen LogP contribution in [0.15, 0.2) is 30.3 Å². The first-order chi connectivity index (χ1) is 13.5. The van der Waals surface area contributed by atoms with Crippen molar-refractivity contribution in [2.75, 3.05) is 13.2 Å². The van der Waals surface area contributed by atoms with Gasteiger partial charge in [-0.15, -0.1) is 0 Å². The van der Waals surface area contributed by atoms with Crippen LogP contribution in [0.5, 0.6) is 0 Å². The summed E-state index contributed by atoms with van der Waals surface area (Å²) in [5.41, 5.74) is 0.710. The van der Waals surface area contributed by atoms with Crippen molar-refractivity contribution < 1.29 is 24.2 Å². The second kappa shape index (κ2) is 10.4. The summed E-state index contributed by atoms with van der Waals surface area (Å²) in [5, 5.41) is 9.86. The Kier molecular flexibility index (Phi) is 8.76. The molecule has 1 fully saturated rings. The minimum Gasteiger partial charge on any atom is -0.465 e. The van der Waals surface area contributed by atoms with Gasteiger partial charge < -0.3 is 14.6 Å². The van der Waals surface area contributed by atoms with Crippen molar-refractivity contribution in [1.29, 1.82) is 0 Å². The van der Waals surface area contributed by atoms with E-state index < -0.39 is 34.8 Å². The molecule has 29 heavy (non-hydrogen) atoms. The predicted molar refractivity (Wildman–Crippen MR) is 116 cm³/mol. The number of likely N-dealkylation sites (tertiary alicyclic amines) is 1. The standard InChI is InChI=1S/C19H23BrCl3NO5/c1-11(2)8-13-9-24(17(25)26)15(12-6-4-3-5-7-12)16(14(13)20)29-18(27)28-10-19(21,22)23/h3-7,11,13-16H,8-10H2,1-2H3,(H,25,26). The van der Waals surface area contributed by atoms with Crippen molar-refractivity contribution in [2.45, 2.75) is 41.0 Å². The van der Waals surface area contributed by atoms with Gasteiger partial charge in [-0.1, -0.05) is 94.9 Å². The Morgan fingerprint density at radius 3 is 2.41 bits per heavy atom. The van der Waals surface area contributed by atoms with Crippen LogP contribution in [0, 0.1) is 11.8 Å². The van der Waals surface area contributed by atoms with E-state index in [9.17, 15) is 14.7 Å². The van der Waals surface area contributed by atoms with Gasteiger partial charge in [-0.05, 0) is 23.8 Å². The third kappa shape index (κ3) is 7.09. The molecule has 1 amide bonds. The fourth-order valence-electron chi connectivity index (χ4n) is 3.53. The first kappa shape index (κ1) is 24.4. The number of piperidine rings is 1. The Balaban J connectivity index is 2.34. The molecule has 4 unspecified atom stereocenters. The number of carbonyl (C=O) groups excluding carboxylic acids is 1. The van der Waals surface area contributed by atoms with E-state index in [2.05, 4.69) is 29.8 Å². The second-order valence-electron chi connectivity index (χ2n) is 7.36. The molecule has 1 aromatic carbocycles. The molecule has 0 radical (unpaired) electrons. The van der Waals surface area contributed by atoms with E-state index in [1.54, 1.807) is 24.3 Å². The van der Waals surface area contributed by atoms with E-state index in [0.717, 1.165) is 6.42 Å². The van der Waals surface area contributed by atoms with Gasteiger partial charge >= 0.3 is 12.2 Å². The molecule has 0 aromatic heterocycles. The first-order valence-electron chi connectivity index (χ1n) is 9.08. The number of alkyl halides is 4. The zero-order valence-electron chi connectivity index (χ0n) is 15.9. The average molecular weight is 532 g/mol. The highest BCUT2D eigenvalue weighted by atomic mass is 79.9. The van der Waals surface area contributed by atoms with Crippen molar-refractivity contribution >= 4 is 63.0 Å². The van der Waals surface area contributed by atoms with Gasteiger partial charge in [0.2, 0.25) is 3.79 Å². The van der Waals surface area contributed by atoms with Crippen LogP contribution in [-0.4, -0.2) is 50.1 Å². The molecule has 162 valence electrons. The highest BCUT2D eigenvalue weighted by Crippen LogP contribution is 2.41. The summed E-state index contributed by atoms with van der Waals surface area (Å²) in [4.78, 5) is 25.4. The Morgan fingerprint density at radius 2 is 1.90 bits per heavy atom. The molecule has 6 nitrogen and oxygen atoms in total. The zero-order valence-corrected chi connectivity index (χ0v) is 19.8. The van der Waals surface area contributed by atoms with Crippen LogP contribution in [0.3, 0.4) is 0 Å². The number of hydrogen-bond acceptors (Lipinski definition) is 4. The third-order valence-corrected chi connectivity index (χ3v) is 6.19. The van der Waals surface area contributed by atoms with Crippen LogP contribution in [0.4, 0.5) is 9.59 Å². The largest absolute Gasteiger partial charge is 0.508 e. The fourth-order valence-corrected chi connectivity index (χ4v) is 4.47. The number of carboxylic acid groups (broad SMARTS) is 1. The number of hydrogen-bond donors (Lipinski definition) is 1. The second-order valence-corrected chi connectivity index (χ2v) is 10.9. The van der Waals surface area contributed by atoms with E-state index in [1.807, 2.05) is 6.07 Å². The highest BCUT2D eigenvalue weighted by Gasteiger charge is 2.47. The number of halogens is 4. The SMILES string of the molecule is CC(C)CC1CN(C(=O)O)C(c2ccccc2)C(OC(=O)OCC(Cl)(Cl)Cl)C1Br. The number of nitrogens with zero attached hydrogens (tertiary/aromatic N) is 1. The summed E-state index contributed by atoms with van der Waals surface area (Å²) in [5.74, 6) is 0.276. The molecule has 0 bridgehead atoms. The lowest BCUT2D eigenvalue weighted by atomic mass is 9.82. The minimum atomic E-state index is -1.77. The summed E-state index contributed by atoms with van der Waals surface area (Å²) in [6, 6.07) is 8.32. The molecule has 1 aliphatic heterocycles. The van der Waals surface area contributed by atoms with Gasteiger partial charge in [-0.2, -0.15) is 0 Å². The number of rotatable bonds is 5. The molecule has 0 aliphatic carbocycles. The predicted octanol–water partition coefficient (Wildman–Crippen LogP) is 6.04. The fraction of sp³-hybridized carbons (Fsp3) is 0.579. The van der Waals surface area contributed by atoms with Gasteiger partial charge in [0, 0.05) is 6.54 Å². The smallest absolute Gasteiger partial charge is 0.465 e. The molecule has 1 N–H and O–H groups in total. The average Bonchev–Trinajstić information content (AvgIpc) is 2.62. The van der Waals surface area contributed by atoms with Crippen LogP contribution in [-0.2, 0) is 9.47 Å². The lowest BCUT2D eigenvalue weighted by Crippen LogP contribution is -2.55. The van der Waals surface area contributed by atoms with Gasteiger partial charge in [-0.3, -0.25) is 4.90 Å². The summed E-state index contributed by atoms with van der Waals surface area (Å²) in [7, 11) is 0. The molecule has 1 heterocycles. The van der Waals surface area contributed by atoms with Crippen molar-refractivity contribution in [3.8, 4) is 0 Å². The molecular formula is C19H23BrCl3NO5. The van der Waals surface area contributed by atoms with Gasteiger partial charge in [0.25, 0.3) is 0 Å². The number of carbonyl (C=O) groups is 2. The van der Waals surface area contributed by atoms with Gasteiger partial charge in [0.05, 0.1) is 10.9 Å². The summed E-state index contributed by atoms with van der Waals surface area (Å²) < 4.78 is 8.71. The minimum absolute atomic E-state index is 0.0583. The van der Waals surface area contributed by atoms with E-state index >= 15 is 0 Å². The van der Waals surface area contributed by atoms with Gasteiger partial charge in [-0.25, -0.2) is 9.59 Å². The zero-order chi connectivity index (χ0) is 21.8. The van der Waals surface area contributed by atoms with Crippen molar-refractivity contribution in [2.24, 2.45) is 11.8 Å². The summed E-state index contributed by atoms with van der Waals surface area (Å²) >= 11 is 20.5. The quantitative estimate of drug-likeness (QED) is 0.370. The Labute approximate surface area is 193 Å². The Hall–Kier alpha value is -0.890. The maximum atomic E-state index is 12.3. The van der Waals surface area contributed by atoms with Gasteiger partial charge in [0.1, 0.15) is 12.7 Å². The molecule has 1 aromatic rings. The summed E-state index contributed by atoms with van der Waals surface area (Å²) in [6.07, 6.45) is -2.18. The van der Waals surface area contributed by atoms with Crippen LogP contribution in [0.2, 0.25) is 0 Å². The lowest BCUT2D eigenvalue weighted by Gasteiger charge is -2.46. The molecule has 0 spiro atoms. The van der Waals surface area contributed by atoms with Crippen molar-refractivity contribution in [3.05, 3.63) is 35.9 Å². The molecule has 4 atom stereocenters. The Bertz CT molecular complexity index is 701. The first-order valence-corrected chi connectivity index (χ1v) is 11.1. The number of ether oxygens (including phenoxy) is 2. The molecule has 1 aliphatic rings. The molecule has 10 heteroatoms. The van der Waals surface area contributed by atoms with Crippen molar-refractivity contribution in [3.63, 3.8) is 0 Å².